The third-order valence-corrected chi connectivity index (χ3v) is 3.09. The number of rotatable bonds is 4. The number of ether oxygens (including phenoxy) is 1. The summed E-state index contributed by atoms with van der Waals surface area (Å²) in [4.78, 5) is 15.8. The Morgan fingerprint density at radius 1 is 1.00 bits per heavy atom. The van der Waals surface area contributed by atoms with Gasteiger partial charge in [0.25, 0.3) is 0 Å². The highest BCUT2D eigenvalue weighted by Crippen LogP contribution is 2.21. The Hall–Kier alpha value is -3.02. The summed E-state index contributed by atoms with van der Waals surface area (Å²) in [7, 11) is 0. The van der Waals surface area contributed by atoms with E-state index in [9.17, 15) is 13.6 Å². The zero-order valence-corrected chi connectivity index (χ0v) is 11.8. The van der Waals surface area contributed by atoms with Gasteiger partial charge >= 0.3 is 5.97 Å². The molecule has 1 heterocycles. The summed E-state index contributed by atoms with van der Waals surface area (Å²) in [5, 5.41) is 0. The van der Waals surface area contributed by atoms with Crippen LogP contribution in [0.15, 0.2) is 59.1 Å². The van der Waals surface area contributed by atoms with E-state index in [1.165, 1.54) is 42.6 Å². The minimum atomic E-state index is -0.605. The lowest BCUT2D eigenvalue weighted by atomic mass is 10.2. The van der Waals surface area contributed by atoms with Gasteiger partial charge in [0, 0.05) is 5.56 Å². The van der Waals surface area contributed by atoms with Crippen molar-refractivity contribution < 1.29 is 22.7 Å². The van der Waals surface area contributed by atoms with Crippen LogP contribution in [0.4, 0.5) is 8.78 Å². The molecule has 0 amide bonds. The third-order valence-electron chi connectivity index (χ3n) is 3.09. The molecule has 0 aliphatic heterocycles. The summed E-state index contributed by atoms with van der Waals surface area (Å²) in [5.41, 5.74) is 0.895. The Kier molecular flexibility index (Phi) is 4.14. The molecular formula is C17H11F2NO3. The maximum Gasteiger partial charge on any atom is 0.338 e. The first kappa shape index (κ1) is 14.9. The number of hydrogen-bond acceptors (Lipinski definition) is 4. The summed E-state index contributed by atoms with van der Waals surface area (Å²) in [6, 6.07) is 10.8. The Balaban J connectivity index is 1.64. The average Bonchev–Trinajstić information content (AvgIpc) is 3.03. The minimum Gasteiger partial charge on any atom is -0.452 e. The van der Waals surface area contributed by atoms with Crippen molar-refractivity contribution in [1.29, 1.82) is 0 Å². The summed E-state index contributed by atoms with van der Waals surface area (Å²) >= 11 is 0. The lowest BCUT2D eigenvalue weighted by molar-refractivity contribution is 0.0439. The van der Waals surface area contributed by atoms with Crippen LogP contribution in [-0.4, -0.2) is 11.0 Å². The number of carbonyl (C=O) groups excluding carboxylic acids is 1. The number of nitrogens with zero attached hydrogens (tertiary/aromatic N) is 1. The molecule has 3 aromatic rings. The summed E-state index contributed by atoms with van der Waals surface area (Å²) < 4.78 is 36.2. The Bertz CT molecular complexity index is 811. The van der Waals surface area contributed by atoms with E-state index in [1.54, 1.807) is 12.1 Å². The minimum absolute atomic E-state index is 0.155. The van der Waals surface area contributed by atoms with Crippen LogP contribution in [0.25, 0.3) is 11.3 Å². The molecule has 116 valence electrons. The van der Waals surface area contributed by atoms with Gasteiger partial charge in [-0.15, -0.1) is 0 Å². The number of halogens is 2. The van der Waals surface area contributed by atoms with Crippen LogP contribution in [0.3, 0.4) is 0 Å². The quantitative estimate of drug-likeness (QED) is 0.683. The van der Waals surface area contributed by atoms with Gasteiger partial charge in [-0.25, -0.2) is 18.6 Å². The predicted molar refractivity (Wildman–Crippen MR) is 77.4 cm³/mol. The molecule has 0 aliphatic rings. The van der Waals surface area contributed by atoms with E-state index in [-0.39, 0.29) is 23.9 Å². The van der Waals surface area contributed by atoms with E-state index in [2.05, 4.69) is 4.98 Å². The second-order valence-corrected chi connectivity index (χ2v) is 4.71. The van der Waals surface area contributed by atoms with Gasteiger partial charge < -0.3 is 9.15 Å². The van der Waals surface area contributed by atoms with Crippen LogP contribution in [0.1, 0.15) is 16.2 Å². The van der Waals surface area contributed by atoms with Crippen LogP contribution in [0.2, 0.25) is 0 Å². The monoisotopic (exact) mass is 315 g/mol. The van der Waals surface area contributed by atoms with E-state index >= 15 is 0 Å². The van der Waals surface area contributed by atoms with E-state index < -0.39 is 11.8 Å². The Morgan fingerprint density at radius 2 is 1.61 bits per heavy atom. The van der Waals surface area contributed by atoms with Crippen LogP contribution >= 0.6 is 0 Å². The van der Waals surface area contributed by atoms with E-state index in [0.29, 0.717) is 11.3 Å². The number of hydrogen-bond donors (Lipinski definition) is 0. The molecule has 1 aromatic heterocycles. The summed E-state index contributed by atoms with van der Waals surface area (Å²) in [5.74, 6) is -0.732. The fourth-order valence-corrected chi connectivity index (χ4v) is 1.92. The van der Waals surface area contributed by atoms with Crippen LogP contribution in [0.5, 0.6) is 0 Å². The van der Waals surface area contributed by atoms with Crippen molar-refractivity contribution >= 4 is 5.97 Å². The lowest BCUT2D eigenvalue weighted by Crippen LogP contribution is -2.05. The van der Waals surface area contributed by atoms with Crippen molar-refractivity contribution in [3.05, 3.63) is 77.8 Å². The Labute approximate surface area is 130 Å². The SMILES string of the molecule is O=C(OCc1ncc(-c2ccc(F)cc2)o1)c1ccc(F)cc1. The summed E-state index contributed by atoms with van der Waals surface area (Å²) in [6.07, 6.45) is 1.47. The molecule has 6 heteroatoms. The van der Waals surface area contributed by atoms with Crippen molar-refractivity contribution in [3.8, 4) is 11.3 Å². The molecular weight excluding hydrogens is 304 g/mol. The molecule has 0 spiro atoms. The molecule has 0 saturated heterocycles. The Morgan fingerprint density at radius 3 is 2.26 bits per heavy atom. The molecule has 0 unspecified atom stereocenters. The third kappa shape index (κ3) is 3.60. The molecule has 2 aromatic carbocycles. The van der Waals surface area contributed by atoms with Crippen molar-refractivity contribution in [3.63, 3.8) is 0 Å². The lowest BCUT2D eigenvalue weighted by Gasteiger charge is -2.02. The standard InChI is InChI=1S/C17H11F2NO3/c18-13-5-1-11(2-6-13)15-9-20-16(23-15)10-22-17(21)12-3-7-14(19)8-4-12/h1-9H,10H2. The van der Waals surface area contributed by atoms with Crippen LogP contribution in [0, 0.1) is 11.6 Å². The molecule has 0 radical (unpaired) electrons. The maximum absolute atomic E-state index is 12.9. The van der Waals surface area contributed by atoms with Crippen molar-refractivity contribution in [2.45, 2.75) is 6.61 Å². The molecule has 0 bridgehead atoms. The largest absolute Gasteiger partial charge is 0.452 e. The van der Waals surface area contributed by atoms with E-state index in [1.807, 2.05) is 0 Å². The second-order valence-electron chi connectivity index (χ2n) is 4.71. The fraction of sp³-hybridized carbons (Fsp3) is 0.0588. The van der Waals surface area contributed by atoms with Crippen molar-refractivity contribution in [1.82, 2.24) is 4.98 Å². The molecule has 0 N–H and O–H groups in total. The number of carbonyl (C=O) groups is 1. The molecule has 3 rings (SSSR count). The highest BCUT2D eigenvalue weighted by atomic mass is 19.1. The smallest absolute Gasteiger partial charge is 0.338 e. The van der Waals surface area contributed by atoms with Gasteiger partial charge in [-0.1, -0.05) is 0 Å². The van der Waals surface area contributed by atoms with Crippen molar-refractivity contribution in [2.75, 3.05) is 0 Å². The highest BCUT2D eigenvalue weighted by molar-refractivity contribution is 5.89. The first-order chi connectivity index (χ1) is 11.1. The molecule has 0 aliphatic carbocycles. The van der Waals surface area contributed by atoms with Gasteiger partial charge in [-0.3, -0.25) is 0 Å². The van der Waals surface area contributed by atoms with E-state index in [0.717, 1.165) is 0 Å². The second kappa shape index (κ2) is 6.39. The van der Waals surface area contributed by atoms with Gasteiger partial charge in [0.15, 0.2) is 12.4 Å². The van der Waals surface area contributed by atoms with Gasteiger partial charge in [0.2, 0.25) is 5.89 Å². The molecule has 0 saturated carbocycles. The maximum atomic E-state index is 12.9. The average molecular weight is 315 g/mol. The summed E-state index contributed by atoms with van der Waals surface area (Å²) in [6.45, 7) is -0.155. The number of aromatic nitrogens is 1. The number of esters is 1. The van der Waals surface area contributed by atoms with Gasteiger partial charge in [0.1, 0.15) is 11.6 Å². The van der Waals surface area contributed by atoms with Gasteiger partial charge in [-0.2, -0.15) is 0 Å². The first-order valence-electron chi connectivity index (χ1n) is 6.75. The molecule has 0 atom stereocenters. The van der Waals surface area contributed by atoms with Crippen LogP contribution < -0.4 is 0 Å². The number of benzene rings is 2. The van der Waals surface area contributed by atoms with Crippen molar-refractivity contribution in [2.24, 2.45) is 0 Å². The van der Waals surface area contributed by atoms with Gasteiger partial charge in [-0.05, 0) is 48.5 Å². The predicted octanol–water partition coefficient (Wildman–Crippen LogP) is 3.98. The molecule has 0 fully saturated rings. The normalized spacial score (nSPS) is 10.5. The van der Waals surface area contributed by atoms with Gasteiger partial charge in [0.05, 0.1) is 11.8 Å². The van der Waals surface area contributed by atoms with Crippen LogP contribution in [-0.2, 0) is 11.3 Å². The zero-order valence-electron chi connectivity index (χ0n) is 11.8. The first-order valence-corrected chi connectivity index (χ1v) is 6.75. The molecule has 4 nitrogen and oxygen atoms in total. The van der Waals surface area contributed by atoms with E-state index in [4.69, 9.17) is 9.15 Å². The highest BCUT2D eigenvalue weighted by Gasteiger charge is 2.11. The fourth-order valence-electron chi connectivity index (χ4n) is 1.92. The molecule has 23 heavy (non-hydrogen) atoms. The zero-order chi connectivity index (χ0) is 16.2. The number of oxazole rings is 1. The topological polar surface area (TPSA) is 52.3 Å².